The van der Waals surface area contributed by atoms with E-state index >= 15 is 0 Å². The minimum atomic E-state index is 0.791. The van der Waals surface area contributed by atoms with E-state index in [1.807, 2.05) is 0 Å². The molecule has 0 aromatic carbocycles. The highest BCUT2D eigenvalue weighted by molar-refractivity contribution is 5.25. The van der Waals surface area contributed by atoms with Gasteiger partial charge in [-0.2, -0.15) is 0 Å². The lowest BCUT2D eigenvalue weighted by Gasteiger charge is -2.18. The Kier molecular flexibility index (Phi) is 4.27. The summed E-state index contributed by atoms with van der Waals surface area (Å²) in [6.07, 6.45) is 11.2. The molecule has 0 radical (unpaired) electrons. The number of hydrogen-bond donors (Lipinski definition) is 0. The third kappa shape index (κ3) is 3.02. The average Bonchev–Trinajstić information content (AvgIpc) is 2.18. The van der Waals surface area contributed by atoms with Gasteiger partial charge in [-0.15, -0.1) is 0 Å². The van der Waals surface area contributed by atoms with Crippen LogP contribution in [0, 0.1) is 5.92 Å². The molecule has 0 nitrogen and oxygen atoms in total. The van der Waals surface area contributed by atoms with Crippen molar-refractivity contribution in [3.63, 3.8) is 0 Å². The Hall–Kier alpha value is -0.520. The predicted octanol–water partition coefficient (Wildman–Crippen LogP) is 4.48. The minimum Gasteiger partial charge on any atom is -0.0699 e. The quantitative estimate of drug-likeness (QED) is 0.595. The molecule has 13 heavy (non-hydrogen) atoms. The van der Waals surface area contributed by atoms with E-state index in [0.717, 1.165) is 5.92 Å². The lowest BCUT2D eigenvalue weighted by atomic mass is 9.88. The van der Waals surface area contributed by atoms with Crippen LogP contribution in [-0.4, -0.2) is 0 Å². The van der Waals surface area contributed by atoms with E-state index in [1.54, 1.807) is 11.1 Å². The molecule has 0 amide bonds. The second-order valence-corrected chi connectivity index (χ2v) is 4.13. The van der Waals surface area contributed by atoms with Crippen LogP contribution >= 0.6 is 0 Å². The smallest absolute Gasteiger partial charge is 0.0231 e. The number of rotatable bonds is 4. The van der Waals surface area contributed by atoms with Gasteiger partial charge in [0, 0.05) is 0 Å². The van der Waals surface area contributed by atoms with Crippen LogP contribution in [-0.2, 0) is 0 Å². The normalized spacial score (nSPS) is 19.3. The van der Waals surface area contributed by atoms with E-state index < -0.39 is 0 Å². The first kappa shape index (κ1) is 10.6. The maximum atomic E-state index is 2.36. The van der Waals surface area contributed by atoms with Crippen LogP contribution in [0.4, 0.5) is 0 Å². The van der Waals surface area contributed by atoms with Gasteiger partial charge in [-0.1, -0.05) is 50.5 Å². The van der Waals surface area contributed by atoms with Crippen molar-refractivity contribution in [2.75, 3.05) is 0 Å². The Morgan fingerprint density at radius 1 is 1.23 bits per heavy atom. The summed E-state index contributed by atoms with van der Waals surface area (Å²) in [5.74, 6) is 0.791. The highest BCUT2D eigenvalue weighted by Gasteiger charge is 2.10. The summed E-state index contributed by atoms with van der Waals surface area (Å²) in [5, 5.41) is 0. The summed E-state index contributed by atoms with van der Waals surface area (Å²) < 4.78 is 0. The molecule has 0 bridgehead atoms. The van der Waals surface area contributed by atoms with Crippen LogP contribution in [0.5, 0.6) is 0 Å². The third-order valence-electron chi connectivity index (χ3n) is 3.08. The van der Waals surface area contributed by atoms with Crippen molar-refractivity contribution in [3.8, 4) is 0 Å². The molecule has 0 heteroatoms. The van der Waals surface area contributed by atoms with Crippen molar-refractivity contribution >= 4 is 0 Å². The molecule has 0 aromatic heterocycles. The topological polar surface area (TPSA) is 0 Å². The van der Waals surface area contributed by atoms with Crippen molar-refractivity contribution in [2.24, 2.45) is 5.92 Å². The van der Waals surface area contributed by atoms with Gasteiger partial charge >= 0.3 is 0 Å². The maximum absolute atomic E-state index is 2.36. The molecule has 0 fully saturated rings. The lowest BCUT2D eigenvalue weighted by Crippen LogP contribution is -2.02. The molecule has 1 aliphatic rings. The largest absolute Gasteiger partial charge is 0.0699 e. The molecular weight excluding hydrogens is 156 g/mol. The fourth-order valence-electron chi connectivity index (χ4n) is 1.90. The summed E-state index contributed by atoms with van der Waals surface area (Å²) in [4.78, 5) is 0. The van der Waals surface area contributed by atoms with E-state index in [9.17, 15) is 0 Å². The van der Waals surface area contributed by atoms with Gasteiger partial charge in [0.25, 0.3) is 0 Å². The Morgan fingerprint density at radius 3 is 2.46 bits per heavy atom. The zero-order valence-corrected chi connectivity index (χ0v) is 9.27. The molecule has 1 atom stereocenters. The van der Waals surface area contributed by atoms with E-state index in [0.29, 0.717) is 0 Å². The van der Waals surface area contributed by atoms with Gasteiger partial charge in [-0.3, -0.25) is 0 Å². The van der Waals surface area contributed by atoms with Gasteiger partial charge in [0.05, 0.1) is 0 Å². The molecule has 0 aromatic rings. The van der Waals surface area contributed by atoms with Crippen LogP contribution in [0.15, 0.2) is 23.3 Å². The van der Waals surface area contributed by atoms with Crippen molar-refractivity contribution in [1.29, 1.82) is 0 Å². The maximum Gasteiger partial charge on any atom is -0.0231 e. The lowest BCUT2D eigenvalue weighted by molar-refractivity contribution is 0.612. The summed E-state index contributed by atoms with van der Waals surface area (Å²) in [5.41, 5.74) is 3.30. The molecule has 74 valence electrons. The van der Waals surface area contributed by atoms with Gasteiger partial charge in [0.15, 0.2) is 0 Å². The molecule has 1 rings (SSSR count). The Bertz CT molecular complexity index is 208. The van der Waals surface area contributed by atoms with Gasteiger partial charge in [-0.25, -0.2) is 0 Å². The minimum absolute atomic E-state index is 0.791. The second-order valence-electron chi connectivity index (χ2n) is 4.13. The third-order valence-corrected chi connectivity index (χ3v) is 3.08. The first-order chi connectivity index (χ1) is 6.27. The molecule has 0 saturated carbocycles. The zero-order valence-electron chi connectivity index (χ0n) is 9.27. The van der Waals surface area contributed by atoms with Gasteiger partial charge in [-0.05, 0) is 31.6 Å². The molecule has 0 saturated heterocycles. The summed E-state index contributed by atoms with van der Waals surface area (Å²) in [6.45, 7) is 6.87. The highest BCUT2D eigenvalue weighted by Crippen LogP contribution is 2.27. The fourth-order valence-corrected chi connectivity index (χ4v) is 1.90. The number of hydrogen-bond acceptors (Lipinski definition) is 0. The van der Waals surface area contributed by atoms with E-state index in [4.69, 9.17) is 0 Å². The molecule has 0 N–H and O–H groups in total. The first-order valence-corrected chi connectivity index (χ1v) is 5.66. The van der Waals surface area contributed by atoms with Gasteiger partial charge in [0.2, 0.25) is 0 Å². The molecule has 0 heterocycles. The standard InChI is InChI=1S/C13H22/c1-4-6-12-7-9-13(10-8-12)11(3)5-2/h7,9,11H,4-6,8,10H2,1-3H3. The van der Waals surface area contributed by atoms with Crippen LogP contribution < -0.4 is 0 Å². The highest BCUT2D eigenvalue weighted by atomic mass is 14.2. The fraction of sp³-hybridized carbons (Fsp3) is 0.692. The van der Waals surface area contributed by atoms with E-state index in [1.165, 1.54) is 32.1 Å². The Morgan fingerprint density at radius 2 is 2.00 bits per heavy atom. The second kappa shape index (κ2) is 5.26. The van der Waals surface area contributed by atoms with Gasteiger partial charge < -0.3 is 0 Å². The Labute approximate surface area is 82.7 Å². The average molecular weight is 178 g/mol. The molecule has 1 aliphatic carbocycles. The monoisotopic (exact) mass is 178 g/mol. The van der Waals surface area contributed by atoms with Crippen molar-refractivity contribution in [2.45, 2.75) is 52.9 Å². The van der Waals surface area contributed by atoms with Crippen LogP contribution in [0.3, 0.4) is 0 Å². The molecule has 0 aliphatic heterocycles. The zero-order chi connectivity index (χ0) is 9.68. The van der Waals surface area contributed by atoms with Crippen LogP contribution in [0.25, 0.3) is 0 Å². The van der Waals surface area contributed by atoms with Gasteiger partial charge in [0.1, 0.15) is 0 Å². The first-order valence-electron chi connectivity index (χ1n) is 5.66. The van der Waals surface area contributed by atoms with Crippen molar-refractivity contribution in [1.82, 2.24) is 0 Å². The summed E-state index contributed by atoms with van der Waals surface area (Å²) in [7, 11) is 0. The SMILES string of the molecule is CCCC1=CC=C(C(C)CC)CC1. The Balaban J connectivity index is 2.54. The summed E-state index contributed by atoms with van der Waals surface area (Å²) in [6, 6.07) is 0. The molecular formula is C13H22. The summed E-state index contributed by atoms with van der Waals surface area (Å²) >= 11 is 0. The molecule has 0 spiro atoms. The van der Waals surface area contributed by atoms with E-state index in [2.05, 4.69) is 32.9 Å². The van der Waals surface area contributed by atoms with Crippen LogP contribution in [0.1, 0.15) is 52.9 Å². The molecule has 1 unspecified atom stereocenters. The van der Waals surface area contributed by atoms with E-state index in [-0.39, 0.29) is 0 Å². The van der Waals surface area contributed by atoms with Crippen LogP contribution in [0.2, 0.25) is 0 Å². The van der Waals surface area contributed by atoms with Crippen molar-refractivity contribution in [3.05, 3.63) is 23.3 Å². The predicted molar refractivity (Wildman–Crippen MR) is 59.8 cm³/mol. The number of allylic oxidation sites excluding steroid dienone is 4. The van der Waals surface area contributed by atoms with Crippen molar-refractivity contribution < 1.29 is 0 Å².